The van der Waals surface area contributed by atoms with Crippen molar-refractivity contribution in [3.8, 4) is 0 Å². The summed E-state index contributed by atoms with van der Waals surface area (Å²) in [7, 11) is -4.12. The van der Waals surface area contributed by atoms with Crippen LogP contribution in [0, 0.1) is 0 Å². The Hall–Kier alpha value is -0.810. The number of rotatable bonds is 5. The van der Waals surface area contributed by atoms with E-state index in [4.69, 9.17) is 11.6 Å². The summed E-state index contributed by atoms with van der Waals surface area (Å²) < 4.78 is 26.6. The summed E-state index contributed by atoms with van der Waals surface area (Å²) in [5.41, 5.74) is -1.05. The summed E-state index contributed by atoms with van der Waals surface area (Å²) in [6, 6.07) is 4.35. The number of thioether (sulfide) groups is 1. The molecule has 1 saturated heterocycles. The predicted molar refractivity (Wildman–Crippen MR) is 114 cm³/mol. The Labute approximate surface area is 179 Å². The van der Waals surface area contributed by atoms with Crippen molar-refractivity contribution >= 4 is 61.4 Å². The standard InChI is InChI=1S/C16H22ClN3O4S2.BrH/c1-5-20-15(18-10(2)3)25-9-16(20,22)12-6-7-13(17)14(8-12)26(23,24)19-11(4)21;/h6-8,10,22H,5,9H2,1-4H3,(H,19,21);1H. The van der Waals surface area contributed by atoms with E-state index in [2.05, 4.69) is 4.99 Å². The quantitative estimate of drug-likeness (QED) is 0.645. The molecule has 1 unspecified atom stereocenters. The first-order valence-corrected chi connectivity index (χ1v) is 10.9. The number of hydrogen-bond donors (Lipinski definition) is 2. The van der Waals surface area contributed by atoms with E-state index in [1.165, 1.54) is 23.9 Å². The number of carbonyl (C=O) groups excluding carboxylic acids is 1. The molecular weight excluding hydrogens is 478 g/mol. The van der Waals surface area contributed by atoms with Crippen LogP contribution < -0.4 is 4.72 Å². The van der Waals surface area contributed by atoms with Crippen molar-refractivity contribution in [2.75, 3.05) is 12.3 Å². The number of sulfonamides is 1. The monoisotopic (exact) mass is 499 g/mol. The average Bonchev–Trinajstić information content (AvgIpc) is 2.82. The summed E-state index contributed by atoms with van der Waals surface area (Å²) in [6.45, 7) is 7.37. The van der Waals surface area contributed by atoms with E-state index < -0.39 is 21.7 Å². The normalized spacial score (nSPS) is 21.4. The van der Waals surface area contributed by atoms with E-state index in [0.29, 0.717) is 23.0 Å². The van der Waals surface area contributed by atoms with Gasteiger partial charge in [0.2, 0.25) is 5.91 Å². The van der Waals surface area contributed by atoms with Crippen molar-refractivity contribution in [1.82, 2.24) is 9.62 Å². The van der Waals surface area contributed by atoms with Gasteiger partial charge in [-0.1, -0.05) is 29.4 Å². The molecule has 1 aromatic carbocycles. The number of amides is 1. The van der Waals surface area contributed by atoms with Gasteiger partial charge in [0, 0.05) is 25.1 Å². The number of nitrogens with one attached hydrogen (secondary N) is 1. The van der Waals surface area contributed by atoms with Crippen molar-refractivity contribution in [3.63, 3.8) is 0 Å². The summed E-state index contributed by atoms with van der Waals surface area (Å²) in [4.78, 5) is 17.2. The van der Waals surface area contributed by atoms with Crippen molar-refractivity contribution in [3.05, 3.63) is 28.8 Å². The molecule has 2 N–H and O–H groups in total. The maximum absolute atomic E-state index is 12.4. The number of aliphatic imine (C=N–C) groups is 1. The second-order valence-electron chi connectivity index (χ2n) is 6.16. The van der Waals surface area contributed by atoms with E-state index in [-0.39, 0.29) is 32.9 Å². The van der Waals surface area contributed by atoms with E-state index >= 15 is 0 Å². The lowest BCUT2D eigenvalue weighted by molar-refractivity contribution is -0.117. The second-order valence-corrected chi connectivity index (χ2v) is 9.16. The Morgan fingerprint density at radius 2 is 2.11 bits per heavy atom. The van der Waals surface area contributed by atoms with Crippen LogP contribution >= 0.6 is 40.3 Å². The van der Waals surface area contributed by atoms with E-state index in [1.807, 2.05) is 25.5 Å². The van der Waals surface area contributed by atoms with Gasteiger partial charge < -0.3 is 10.0 Å². The Morgan fingerprint density at radius 3 is 2.63 bits per heavy atom. The molecule has 0 saturated carbocycles. The summed E-state index contributed by atoms with van der Waals surface area (Å²) in [5.74, 6) is -0.420. The topological polar surface area (TPSA) is 99.1 Å². The van der Waals surface area contributed by atoms with Gasteiger partial charge >= 0.3 is 0 Å². The van der Waals surface area contributed by atoms with Gasteiger partial charge in [0.25, 0.3) is 10.0 Å². The van der Waals surface area contributed by atoms with Crippen LogP contribution in [0.2, 0.25) is 5.02 Å². The lowest BCUT2D eigenvalue weighted by Gasteiger charge is -2.34. The zero-order valence-corrected chi connectivity index (χ0v) is 19.5. The highest BCUT2D eigenvalue weighted by molar-refractivity contribution is 8.93. The van der Waals surface area contributed by atoms with Gasteiger partial charge in [0.05, 0.1) is 10.8 Å². The zero-order valence-electron chi connectivity index (χ0n) is 15.4. The highest BCUT2D eigenvalue weighted by Crippen LogP contribution is 2.40. The van der Waals surface area contributed by atoms with Crippen LogP contribution in [0.25, 0.3) is 0 Å². The van der Waals surface area contributed by atoms with E-state index in [9.17, 15) is 18.3 Å². The Morgan fingerprint density at radius 1 is 1.48 bits per heavy atom. The van der Waals surface area contributed by atoms with Crippen LogP contribution in [0.1, 0.15) is 33.3 Å². The molecule has 0 bridgehead atoms. The molecule has 2 rings (SSSR count). The highest BCUT2D eigenvalue weighted by atomic mass is 79.9. The third-order valence-corrected chi connectivity index (χ3v) is 6.77. The first kappa shape index (κ1) is 24.2. The average molecular weight is 501 g/mol. The minimum atomic E-state index is -4.12. The molecule has 1 heterocycles. The summed E-state index contributed by atoms with van der Waals surface area (Å²) >= 11 is 7.44. The lowest BCUT2D eigenvalue weighted by atomic mass is 10.0. The molecule has 1 amide bonds. The molecule has 11 heteroatoms. The SMILES string of the molecule is Br.CCN1C(=NC(C)C)SCC1(O)c1ccc(Cl)c(S(=O)(=O)NC(C)=O)c1. The van der Waals surface area contributed by atoms with Gasteiger partial charge in [0.1, 0.15) is 4.90 Å². The Kier molecular flexibility index (Phi) is 8.19. The number of benzene rings is 1. The van der Waals surface area contributed by atoms with E-state index in [1.54, 1.807) is 11.0 Å². The molecule has 1 fully saturated rings. The Bertz CT molecular complexity index is 848. The molecule has 1 atom stereocenters. The van der Waals surface area contributed by atoms with Gasteiger partial charge in [-0.25, -0.2) is 13.1 Å². The van der Waals surface area contributed by atoms with Crippen molar-refractivity contribution in [1.29, 1.82) is 0 Å². The number of halogens is 2. The molecule has 27 heavy (non-hydrogen) atoms. The fourth-order valence-corrected chi connectivity index (χ4v) is 5.54. The molecule has 0 radical (unpaired) electrons. The van der Waals surface area contributed by atoms with Crippen LogP contribution in [0.15, 0.2) is 28.1 Å². The minimum Gasteiger partial charge on any atom is -0.366 e. The minimum absolute atomic E-state index is 0. The molecule has 0 aromatic heterocycles. The van der Waals surface area contributed by atoms with Gasteiger partial charge in [-0.2, -0.15) is 0 Å². The van der Waals surface area contributed by atoms with E-state index in [0.717, 1.165) is 6.92 Å². The Balaban J connectivity index is 0.00000364. The van der Waals surface area contributed by atoms with Crippen molar-refractivity contribution in [2.24, 2.45) is 4.99 Å². The molecule has 1 aliphatic rings. The molecule has 7 nitrogen and oxygen atoms in total. The highest BCUT2D eigenvalue weighted by Gasteiger charge is 2.44. The lowest BCUT2D eigenvalue weighted by Crippen LogP contribution is -2.45. The van der Waals surface area contributed by atoms with Crippen LogP contribution in [-0.2, 0) is 20.5 Å². The first-order valence-electron chi connectivity index (χ1n) is 8.05. The van der Waals surface area contributed by atoms with Gasteiger partial charge in [-0.05, 0) is 32.9 Å². The third kappa shape index (κ3) is 5.17. The molecule has 1 aliphatic heterocycles. The maximum atomic E-state index is 12.4. The van der Waals surface area contributed by atoms with Crippen LogP contribution in [-0.4, -0.2) is 47.8 Å². The molecule has 1 aromatic rings. The van der Waals surface area contributed by atoms with Gasteiger partial charge in [-0.15, -0.1) is 17.0 Å². The fraction of sp³-hybridized carbons (Fsp3) is 0.500. The van der Waals surface area contributed by atoms with Gasteiger partial charge in [0.15, 0.2) is 10.9 Å². The molecule has 152 valence electrons. The summed E-state index contributed by atoms with van der Waals surface area (Å²) in [5, 5.41) is 11.9. The second kappa shape index (κ2) is 9.13. The molecule has 0 spiro atoms. The first-order chi connectivity index (χ1) is 12.0. The number of carbonyl (C=O) groups is 1. The maximum Gasteiger partial charge on any atom is 0.265 e. The number of amidine groups is 1. The number of nitrogens with zero attached hydrogens (tertiary/aromatic N) is 2. The number of hydrogen-bond acceptors (Lipinski definition) is 6. The zero-order chi connectivity index (χ0) is 19.7. The molecular formula is C16H23BrClN3O4S2. The predicted octanol–water partition coefficient (Wildman–Crippen LogP) is 2.72. The largest absolute Gasteiger partial charge is 0.366 e. The van der Waals surface area contributed by atoms with Gasteiger partial charge in [-0.3, -0.25) is 9.79 Å². The number of aliphatic hydroxyl groups is 1. The van der Waals surface area contributed by atoms with Crippen molar-refractivity contribution in [2.45, 2.75) is 44.4 Å². The van der Waals surface area contributed by atoms with Crippen LogP contribution in [0.3, 0.4) is 0 Å². The molecule has 0 aliphatic carbocycles. The fourth-order valence-electron chi connectivity index (χ4n) is 2.65. The summed E-state index contributed by atoms with van der Waals surface area (Å²) in [6.07, 6.45) is 0. The smallest absolute Gasteiger partial charge is 0.265 e. The van der Waals surface area contributed by atoms with Crippen LogP contribution in [0.5, 0.6) is 0 Å². The van der Waals surface area contributed by atoms with Crippen molar-refractivity contribution < 1.29 is 18.3 Å². The van der Waals surface area contributed by atoms with Crippen LogP contribution in [0.4, 0.5) is 0 Å². The third-order valence-electron chi connectivity index (χ3n) is 3.73.